The van der Waals surface area contributed by atoms with Gasteiger partial charge in [0.2, 0.25) is 0 Å². The molecule has 0 radical (unpaired) electrons. The van der Waals surface area contributed by atoms with Crippen molar-refractivity contribution in [3.63, 3.8) is 0 Å². The molecule has 0 aliphatic heterocycles. The Morgan fingerprint density at radius 1 is 1.22 bits per heavy atom. The third kappa shape index (κ3) is 2.98. The molecule has 0 bridgehead atoms. The van der Waals surface area contributed by atoms with Gasteiger partial charge in [0.05, 0.1) is 5.92 Å². The van der Waals surface area contributed by atoms with E-state index in [-0.39, 0.29) is 0 Å². The van der Waals surface area contributed by atoms with Crippen molar-refractivity contribution in [1.82, 2.24) is 0 Å². The molecule has 0 heterocycles. The number of hydrogen-bond acceptors (Lipinski definition) is 1. The van der Waals surface area contributed by atoms with Crippen LogP contribution in [0.5, 0.6) is 0 Å². The molecule has 0 aromatic heterocycles. The van der Waals surface area contributed by atoms with Crippen molar-refractivity contribution in [3.05, 3.63) is 0 Å². The summed E-state index contributed by atoms with van der Waals surface area (Å²) in [4.78, 5) is 0. The van der Waals surface area contributed by atoms with Crippen molar-refractivity contribution in [2.24, 2.45) is 5.92 Å². The number of thiol groups is 1. The van der Waals surface area contributed by atoms with Crippen molar-refractivity contribution in [2.45, 2.75) is 25.3 Å². The smallest absolute Gasteiger partial charge is 0.176 e. The quantitative estimate of drug-likeness (QED) is 0.557. The maximum atomic E-state index is 11.7. The second-order valence-electron chi connectivity index (χ2n) is 2.07. The van der Waals surface area contributed by atoms with Crippen LogP contribution in [-0.4, -0.2) is 11.4 Å². The second kappa shape index (κ2) is 2.82. The SMILES string of the molecule is CC(S)C(C)C(F)(F)F. The molecule has 0 aliphatic carbocycles. The molecular weight excluding hydrogens is 149 g/mol. The zero-order valence-electron chi connectivity index (χ0n) is 5.24. The molecule has 0 amide bonds. The fraction of sp³-hybridized carbons (Fsp3) is 1.00. The highest BCUT2D eigenvalue weighted by Crippen LogP contribution is 2.30. The molecule has 2 unspecified atom stereocenters. The molecule has 0 spiro atoms. The largest absolute Gasteiger partial charge is 0.392 e. The third-order valence-corrected chi connectivity index (χ3v) is 1.69. The van der Waals surface area contributed by atoms with E-state index in [9.17, 15) is 13.2 Å². The molecule has 0 nitrogen and oxygen atoms in total. The van der Waals surface area contributed by atoms with Gasteiger partial charge in [-0.2, -0.15) is 25.8 Å². The van der Waals surface area contributed by atoms with Crippen molar-refractivity contribution < 1.29 is 13.2 Å². The van der Waals surface area contributed by atoms with Crippen LogP contribution in [0.4, 0.5) is 13.2 Å². The Labute approximate surface area is 57.9 Å². The average molecular weight is 158 g/mol. The molecule has 0 saturated heterocycles. The highest BCUT2D eigenvalue weighted by atomic mass is 32.1. The van der Waals surface area contributed by atoms with Crippen LogP contribution in [0.15, 0.2) is 0 Å². The Bertz CT molecular complexity index is 86.7. The van der Waals surface area contributed by atoms with E-state index >= 15 is 0 Å². The Morgan fingerprint density at radius 3 is 1.56 bits per heavy atom. The fourth-order valence-corrected chi connectivity index (χ4v) is 0.443. The molecule has 56 valence electrons. The predicted molar refractivity (Wildman–Crippen MR) is 33.7 cm³/mol. The normalized spacial score (nSPS) is 19.3. The first-order chi connectivity index (χ1) is 3.85. The van der Waals surface area contributed by atoms with Gasteiger partial charge in [-0.3, -0.25) is 0 Å². The summed E-state index contributed by atoms with van der Waals surface area (Å²) < 4.78 is 35.0. The van der Waals surface area contributed by atoms with E-state index in [1.165, 1.54) is 6.92 Å². The fourth-order valence-electron chi connectivity index (χ4n) is 0.273. The van der Waals surface area contributed by atoms with Gasteiger partial charge in [0.25, 0.3) is 0 Å². The number of halogens is 3. The molecule has 0 aromatic carbocycles. The first-order valence-electron chi connectivity index (χ1n) is 2.60. The minimum atomic E-state index is -4.10. The van der Waals surface area contributed by atoms with E-state index in [4.69, 9.17) is 0 Å². The van der Waals surface area contributed by atoms with E-state index in [0.717, 1.165) is 6.92 Å². The lowest BCUT2D eigenvalue weighted by Crippen LogP contribution is -2.26. The Balaban J connectivity index is 3.88. The Hall–Kier alpha value is 0.140. The molecule has 0 rings (SSSR count). The van der Waals surface area contributed by atoms with Crippen molar-refractivity contribution >= 4 is 12.6 Å². The molecule has 0 N–H and O–H groups in total. The monoisotopic (exact) mass is 158 g/mol. The molecule has 0 aromatic rings. The molecular formula is C5H9F3S. The molecule has 0 fully saturated rings. The van der Waals surface area contributed by atoms with Gasteiger partial charge in [0.1, 0.15) is 0 Å². The van der Waals surface area contributed by atoms with Crippen LogP contribution in [0.3, 0.4) is 0 Å². The molecule has 4 heteroatoms. The molecule has 9 heavy (non-hydrogen) atoms. The lowest BCUT2D eigenvalue weighted by atomic mass is 10.1. The first kappa shape index (κ1) is 9.14. The Morgan fingerprint density at radius 2 is 1.56 bits per heavy atom. The van der Waals surface area contributed by atoms with E-state index < -0.39 is 17.3 Å². The van der Waals surface area contributed by atoms with E-state index in [1.54, 1.807) is 0 Å². The van der Waals surface area contributed by atoms with E-state index in [0.29, 0.717) is 0 Å². The van der Waals surface area contributed by atoms with Gasteiger partial charge >= 0.3 is 6.18 Å². The number of alkyl halides is 3. The van der Waals surface area contributed by atoms with Gasteiger partial charge < -0.3 is 0 Å². The van der Waals surface area contributed by atoms with Gasteiger partial charge in [0, 0.05) is 5.25 Å². The van der Waals surface area contributed by atoms with E-state index in [2.05, 4.69) is 12.6 Å². The average Bonchev–Trinajstić information content (AvgIpc) is 1.62. The van der Waals surface area contributed by atoms with Crippen molar-refractivity contribution in [1.29, 1.82) is 0 Å². The highest BCUT2D eigenvalue weighted by Gasteiger charge is 2.37. The van der Waals surface area contributed by atoms with Crippen LogP contribution in [0.25, 0.3) is 0 Å². The first-order valence-corrected chi connectivity index (χ1v) is 3.12. The predicted octanol–water partition coefficient (Wildman–Crippen LogP) is 2.50. The minimum absolute atomic E-state index is 0.620. The van der Waals surface area contributed by atoms with Gasteiger partial charge in [-0.25, -0.2) is 0 Å². The number of hydrogen-bond donors (Lipinski definition) is 1. The van der Waals surface area contributed by atoms with Crippen LogP contribution in [0.1, 0.15) is 13.8 Å². The molecule has 0 saturated carbocycles. The highest BCUT2D eigenvalue weighted by molar-refractivity contribution is 7.80. The summed E-state index contributed by atoms with van der Waals surface area (Å²) >= 11 is 3.67. The lowest BCUT2D eigenvalue weighted by Gasteiger charge is -2.17. The zero-order chi connectivity index (χ0) is 7.65. The third-order valence-electron chi connectivity index (χ3n) is 1.24. The standard InChI is InChI=1S/C5H9F3S/c1-3(4(2)9)5(6,7)8/h3-4,9H,1-2H3. The summed E-state index contributed by atoms with van der Waals surface area (Å²) in [6, 6.07) is 0. The molecule has 2 atom stereocenters. The summed E-state index contributed by atoms with van der Waals surface area (Å²) in [5.41, 5.74) is 0. The minimum Gasteiger partial charge on any atom is -0.176 e. The van der Waals surface area contributed by atoms with Crippen LogP contribution in [0.2, 0.25) is 0 Å². The molecule has 0 aliphatic rings. The summed E-state index contributed by atoms with van der Waals surface area (Å²) in [6.07, 6.45) is -4.10. The number of rotatable bonds is 1. The van der Waals surface area contributed by atoms with Gasteiger partial charge in [-0.1, -0.05) is 13.8 Å². The summed E-state index contributed by atoms with van der Waals surface area (Å²) in [7, 11) is 0. The summed E-state index contributed by atoms with van der Waals surface area (Å²) in [5, 5.41) is -0.620. The van der Waals surface area contributed by atoms with Crippen LogP contribution < -0.4 is 0 Å². The summed E-state index contributed by atoms with van der Waals surface area (Å²) in [6.45, 7) is 2.55. The topological polar surface area (TPSA) is 0 Å². The van der Waals surface area contributed by atoms with Crippen LogP contribution in [-0.2, 0) is 0 Å². The van der Waals surface area contributed by atoms with Crippen molar-refractivity contribution in [2.75, 3.05) is 0 Å². The zero-order valence-corrected chi connectivity index (χ0v) is 6.13. The van der Waals surface area contributed by atoms with Gasteiger partial charge in [-0.15, -0.1) is 0 Å². The maximum absolute atomic E-state index is 11.7. The van der Waals surface area contributed by atoms with E-state index in [1.807, 2.05) is 0 Å². The van der Waals surface area contributed by atoms with Gasteiger partial charge in [-0.05, 0) is 0 Å². The second-order valence-corrected chi connectivity index (χ2v) is 2.89. The maximum Gasteiger partial charge on any atom is 0.392 e. The van der Waals surface area contributed by atoms with Crippen LogP contribution in [0, 0.1) is 5.92 Å². The summed E-state index contributed by atoms with van der Waals surface area (Å²) in [5.74, 6) is -1.32. The Kier molecular flexibility index (Phi) is 2.86. The van der Waals surface area contributed by atoms with Gasteiger partial charge in [0.15, 0.2) is 0 Å². The van der Waals surface area contributed by atoms with Crippen LogP contribution >= 0.6 is 12.6 Å². The lowest BCUT2D eigenvalue weighted by molar-refractivity contribution is -0.168. The van der Waals surface area contributed by atoms with Crippen molar-refractivity contribution in [3.8, 4) is 0 Å².